The Bertz CT molecular complexity index is 523. The number of halogens is 1. The standard InChI is InChI=1S/C15H16INO3/c16-13-6-4-12(5-7-13)15(18)17-8-2-9-19-11-14-3-1-10-20-14/h1,3-7,10H,2,8-9,11H2,(H,17,18). The molecule has 20 heavy (non-hydrogen) atoms. The van der Waals surface area contributed by atoms with Gasteiger partial charge in [-0.2, -0.15) is 0 Å². The highest BCUT2D eigenvalue weighted by molar-refractivity contribution is 14.1. The van der Waals surface area contributed by atoms with Crippen molar-refractivity contribution in [2.45, 2.75) is 13.0 Å². The molecule has 0 spiro atoms. The molecule has 0 radical (unpaired) electrons. The monoisotopic (exact) mass is 385 g/mol. The van der Waals surface area contributed by atoms with Crippen LogP contribution in [0, 0.1) is 3.57 Å². The van der Waals surface area contributed by atoms with Crippen LogP contribution < -0.4 is 5.32 Å². The molecule has 0 aliphatic heterocycles. The third kappa shape index (κ3) is 4.97. The van der Waals surface area contributed by atoms with E-state index in [0.29, 0.717) is 25.3 Å². The molecular weight excluding hydrogens is 369 g/mol. The topological polar surface area (TPSA) is 51.5 Å². The fourth-order valence-corrected chi connectivity index (χ4v) is 2.01. The van der Waals surface area contributed by atoms with E-state index in [1.54, 1.807) is 6.26 Å². The van der Waals surface area contributed by atoms with Crippen molar-refractivity contribution < 1.29 is 13.9 Å². The number of amides is 1. The van der Waals surface area contributed by atoms with E-state index >= 15 is 0 Å². The van der Waals surface area contributed by atoms with Gasteiger partial charge in [-0.3, -0.25) is 4.79 Å². The highest BCUT2D eigenvalue weighted by atomic mass is 127. The Hall–Kier alpha value is -1.34. The number of furan rings is 1. The van der Waals surface area contributed by atoms with E-state index in [0.717, 1.165) is 15.8 Å². The molecule has 1 N–H and O–H groups in total. The SMILES string of the molecule is O=C(NCCCOCc1ccco1)c1ccc(I)cc1. The maximum Gasteiger partial charge on any atom is 0.251 e. The van der Waals surface area contributed by atoms with Crippen LogP contribution in [0.1, 0.15) is 22.5 Å². The summed E-state index contributed by atoms with van der Waals surface area (Å²) in [5.41, 5.74) is 0.682. The lowest BCUT2D eigenvalue weighted by atomic mass is 10.2. The Morgan fingerprint density at radius 1 is 1.25 bits per heavy atom. The van der Waals surface area contributed by atoms with E-state index in [9.17, 15) is 4.79 Å². The summed E-state index contributed by atoms with van der Waals surface area (Å²) in [4.78, 5) is 11.8. The van der Waals surface area contributed by atoms with Gasteiger partial charge in [0.25, 0.3) is 5.91 Å². The predicted molar refractivity (Wildman–Crippen MR) is 84.5 cm³/mol. The first-order valence-corrected chi connectivity index (χ1v) is 7.47. The van der Waals surface area contributed by atoms with Gasteiger partial charge in [0, 0.05) is 22.3 Å². The van der Waals surface area contributed by atoms with E-state index in [4.69, 9.17) is 9.15 Å². The average Bonchev–Trinajstić information content (AvgIpc) is 2.96. The Kier molecular flexibility index (Phi) is 6.07. The van der Waals surface area contributed by atoms with E-state index in [1.807, 2.05) is 36.4 Å². The fraction of sp³-hybridized carbons (Fsp3) is 0.267. The van der Waals surface area contributed by atoms with Gasteiger partial charge in [0.2, 0.25) is 0 Å². The summed E-state index contributed by atoms with van der Waals surface area (Å²) in [6.07, 6.45) is 2.40. The smallest absolute Gasteiger partial charge is 0.251 e. The van der Waals surface area contributed by atoms with Crippen LogP contribution in [0.15, 0.2) is 47.1 Å². The molecule has 2 rings (SSSR count). The summed E-state index contributed by atoms with van der Waals surface area (Å²) < 4.78 is 11.7. The molecule has 0 fully saturated rings. The van der Waals surface area contributed by atoms with Gasteiger partial charge in [0.1, 0.15) is 12.4 Å². The zero-order chi connectivity index (χ0) is 14.2. The molecule has 1 heterocycles. The van der Waals surface area contributed by atoms with Crippen LogP contribution in [-0.2, 0) is 11.3 Å². The number of rotatable bonds is 7. The van der Waals surface area contributed by atoms with Crippen LogP contribution in [0.5, 0.6) is 0 Å². The maximum absolute atomic E-state index is 11.8. The fourth-order valence-electron chi connectivity index (χ4n) is 1.65. The molecule has 0 aliphatic rings. The highest BCUT2D eigenvalue weighted by Gasteiger charge is 2.03. The molecule has 4 nitrogen and oxygen atoms in total. The molecule has 5 heteroatoms. The molecule has 0 unspecified atom stereocenters. The van der Waals surface area contributed by atoms with Crippen molar-refractivity contribution in [3.8, 4) is 0 Å². The summed E-state index contributed by atoms with van der Waals surface area (Å²) in [5, 5.41) is 2.87. The van der Waals surface area contributed by atoms with E-state index < -0.39 is 0 Å². The number of hydrogen-bond donors (Lipinski definition) is 1. The van der Waals surface area contributed by atoms with Crippen molar-refractivity contribution in [1.29, 1.82) is 0 Å². The molecule has 1 aromatic carbocycles. The zero-order valence-electron chi connectivity index (χ0n) is 11.0. The molecule has 1 aromatic heterocycles. The summed E-state index contributed by atoms with van der Waals surface area (Å²) in [6, 6.07) is 11.2. The van der Waals surface area contributed by atoms with E-state index in [2.05, 4.69) is 27.9 Å². The molecule has 0 aliphatic carbocycles. The lowest BCUT2D eigenvalue weighted by Crippen LogP contribution is -2.25. The number of hydrogen-bond acceptors (Lipinski definition) is 3. The summed E-state index contributed by atoms with van der Waals surface area (Å²) in [5.74, 6) is 0.764. The van der Waals surface area contributed by atoms with Crippen LogP contribution in [-0.4, -0.2) is 19.1 Å². The first kappa shape index (κ1) is 15.1. The lowest BCUT2D eigenvalue weighted by molar-refractivity contribution is 0.0917. The van der Waals surface area contributed by atoms with Crippen molar-refractivity contribution >= 4 is 28.5 Å². The maximum atomic E-state index is 11.8. The number of benzene rings is 1. The predicted octanol–water partition coefficient (Wildman–Crippen LogP) is 3.22. The van der Waals surface area contributed by atoms with Crippen LogP contribution in [0.3, 0.4) is 0 Å². The van der Waals surface area contributed by atoms with Crippen molar-refractivity contribution in [2.75, 3.05) is 13.2 Å². The summed E-state index contributed by atoms with van der Waals surface area (Å²) >= 11 is 2.21. The molecule has 106 valence electrons. The first-order valence-electron chi connectivity index (χ1n) is 6.39. The minimum Gasteiger partial charge on any atom is -0.467 e. The molecule has 1 amide bonds. The van der Waals surface area contributed by atoms with Crippen LogP contribution in [0.25, 0.3) is 0 Å². The van der Waals surface area contributed by atoms with Gasteiger partial charge in [-0.25, -0.2) is 0 Å². The van der Waals surface area contributed by atoms with Gasteiger partial charge in [-0.1, -0.05) is 0 Å². The van der Waals surface area contributed by atoms with E-state index in [-0.39, 0.29) is 5.91 Å². The van der Waals surface area contributed by atoms with Crippen molar-refractivity contribution in [3.63, 3.8) is 0 Å². The van der Waals surface area contributed by atoms with Crippen LogP contribution in [0.4, 0.5) is 0 Å². The van der Waals surface area contributed by atoms with Crippen molar-refractivity contribution in [2.24, 2.45) is 0 Å². The van der Waals surface area contributed by atoms with Gasteiger partial charge in [-0.15, -0.1) is 0 Å². The van der Waals surface area contributed by atoms with Crippen LogP contribution >= 0.6 is 22.6 Å². The lowest BCUT2D eigenvalue weighted by Gasteiger charge is -2.06. The van der Waals surface area contributed by atoms with Gasteiger partial charge in [0.15, 0.2) is 0 Å². The normalized spacial score (nSPS) is 10.4. The van der Waals surface area contributed by atoms with Crippen LogP contribution in [0.2, 0.25) is 0 Å². The molecule has 2 aromatic rings. The number of carbonyl (C=O) groups is 1. The number of carbonyl (C=O) groups excluding carboxylic acids is 1. The Labute approximate surface area is 131 Å². The molecular formula is C15H16INO3. The Morgan fingerprint density at radius 3 is 2.75 bits per heavy atom. The third-order valence-corrected chi connectivity index (χ3v) is 3.40. The number of ether oxygens (including phenoxy) is 1. The second-order valence-corrected chi connectivity index (χ2v) is 5.49. The quantitative estimate of drug-likeness (QED) is 0.588. The highest BCUT2D eigenvalue weighted by Crippen LogP contribution is 2.06. The average molecular weight is 385 g/mol. The first-order chi connectivity index (χ1) is 9.75. The van der Waals surface area contributed by atoms with Crippen molar-refractivity contribution in [3.05, 3.63) is 57.6 Å². The molecule has 0 atom stereocenters. The number of nitrogens with one attached hydrogen (secondary N) is 1. The summed E-state index contributed by atoms with van der Waals surface area (Å²) in [6.45, 7) is 1.66. The second-order valence-electron chi connectivity index (χ2n) is 4.25. The van der Waals surface area contributed by atoms with Gasteiger partial charge in [-0.05, 0) is 65.4 Å². The zero-order valence-corrected chi connectivity index (χ0v) is 13.1. The largest absolute Gasteiger partial charge is 0.467 e. The Morgan fingerprint density at radius 2 is 2.05 bits per heavy atom. The minimum absolute atomic E-state index is 0.0487. The molecule has 0 bridgehead atoms. The molecule has 0 saturated carbocycles. The second kappa shape index (κ2) is 8.06. The molecule has 0 saturated heterocycles. The third-order valence-electron chi connectivity index (χ3n) is 2.68. The van der Waals surface area contributed by atoms with Gasteiger partial charge in [0.05, 0.1) is 6.26 Å². The van der Waals surface area contributed by atoms with Crippen molar-refractivity contribution in [1.82, 2.24) is 5.32 Å². The van der Waals surface area contributed by atoms with Gasteiger partial charge >= 0.3 is 0 Å². The minimum atomic E-state index is -0.0487. The van der Waals surface area contributed by atoms with E-state index in [1.165, 1.54) is 0 Å². The Balaban J connectivity index is 1.58. The van der Waals surface area contributed by atoms with Gasteiger partial charge < -0.3 is 14.5 Å². The summed E-state index contributed by atoms with van der Waals surface area (Å²) in [7, 11) is 0.